The largest absolute Gasteiger partial charge is 0.479 e. The molecule has 136 valence electrons. The van der Waals surface area contributed by atoms with Crippen LogP contribution in [0, 0.1) is 0 Å². The van der Waals surface area contributed by atoms with Gasteiger partial charge >= 0.3 is 5.97 Å². The Kier molecular flexibility index (Phi) is 4.61. The quantitative estimate of drug-likeness (QED) is 0.863. The molecule has 2 N–H and O–H groups in total. The number of amides is 1. The van der Waals surface area contributed by atoms with E-state index < -0.39 is 11.5 Å². The van der Waals surface area contributed by atoms with Crippen LogP contribution in [0.25, 0.3) is 0 Å². The number of hydrogen-bond donors (Lipinski definition) is 2. The number of nitrogens with one attached hydrogen (secondary N) is 1. The Morgan fingerprint density at radius 3 is 2.12 bits per heavy atom. The summed E-state index contributed by atoms with van der Waals surface area (Å²) in [5.74, 6) is -1.31. The minimum Gasteiger partial charge on any atom is -0.479 e. The highest BCUT2D eigenvalue weighted by molar-refractivity contribution is 5.99. The third kappa shape index (κ3) is 3.12. The number of carboxylic acids is 1. The number of carboxylic acid groups (broad SMARTS) is 1. The summed E-state index contributed by atoms with van der Waals surface area (Å²) < 4.78 is 0. The molecule has 26 heavy (non-hydrogen) atoms. The maximum Gasteiger partial charge on any atom is 0.330 e. The molecule has 0 unspecified atom stereocenters. The molecule has 3 rings (SSSR count). The van der Waals surface area contributed by atoms with Crippen LogP contribution in [-0.4, -0.2) is 22.5 Å². The minimum absolute atomic E-state index is 0.164. The number of carbonyl (C=O) groups excluding carboxylic acids is 1. The lowest BCUT2D eigenvalue weighted by Crippen LogP contribution is -2.55. The second-order valence-corrected chi connectivity index (χ2v) is 7.75. The molecule has 4 nitrogen and oxygen atoms in total. The van der Waals surface area contributed by atoms with Gasteiger partial charge in [-0.15, -0.1) is 0 Å². The van der Waals surface area contributed by atoms with E-state index in [2.05, 4.69) is 26.1 Å². The molecule has 0 saturated carbocycles. The van der Waals surface area contributed by atoms with Gasteiger partial charge in [0.15, 0.2) is 0 Å². The van der Waals surface area contributed by atoms with Crippen LogP contribution < -0.4 is 5.32 Å². The minimum atomic E-state index is -1.29. The van der Waals surface area contributed by atoms with E-state index in [0.717, 1.165) is 23.1 Å². The van der Waals surface area contributed by atoms with Crippen LogP contribution in [0.2, 0.25) is 0 Å². The van der Waals surface area contributed by atoms with Gasteiger partial charge in [-0.2, -0.15) is 0 Å². The summed E-state index contributed by atoms with van der Waals surface area (Å²) in [6, 6.07) is 15.1. The van der Waals surface area contributed by atoms with Gasteiger partial charge in [0.2, 0.25) is 0 Å². The Morgan fingerprint density at radius 1 is 1.04 bits per heavy atom. The van der Waals surface area contributed by atoms with Crippen molar-refractivity contribution in [1.82, 2.24) is 5.32 Å². The van der Waals surface area contributed by atoms with E-state index in [1.807, 2.05) is 42.5 Å². The van der Waals surface area contributed by atoms with Gasteiger partial charge in [0.05, 0.1) is 0 Å². The summed E-state index contributed by atoms with van der Waals surface area (Å²) >= 11 is 0. The molecule has 0 saturated heterocycles. The molecule has 0 radical (unpaired) electrons. The van der Waals surface area contributed by atoms with Gasteiger partial charge in [-0.1, -0.05) is 63.2 Å². The van der Waals surface area contributed by atoms with Crippen molar-refractivity contribution in [2.24, 2.45) is 0 Å². The highest BCUT2D eigenvalue weighted by atomic mass is 16.4. The lowest BCUT2D eigenvalue weighted by Gasteiger charge is -2.29. The number of benzene rings is 2. The Hall–Kier alpha value is -2.62. The summed E-state index contributed by atoms with van der Waals surface area (Å²) in [4.78, 5) is 25.2. The average molecular weight is 351 g/mol. The molecule has 0 heterocycles. The van der Waals surface area contributed by atoms with E-state index in [4.69, 9.17) is 0 Å². The second-order valence-electron chi connectivity index (χ2n) is 7.75. The number of aliphatic carboxylic acids is 1. The highest BCUT2D eigenvalue weighted by Crippen LogP contribution is 2.33. The van der Waals surface area contributed by atoms with Crippen LogP contribution in [0.5, 0.6) is 0 Å². The van der Waals surface area contributed by atoms with E-state index in [0.29, 0.717) is 18.4 Å². The van der Waals surface area contributed by atoms with Crippen LogP contribution in [0.3, 0.4) is 0 Å². The Labute approximate surface area is 154 Å². The van der Waals surface area contributed by atoms with Gasteiger partial charge in [-0.05, 0) is 34.6 Å². The zero-order chi connectivity index (χ0) is 18.9. The summed E-state index contributed by atoms with van der Waals surface area (Å²) in [5.41, 5.74) is 2.01. The molecule has 4 heteroatoms. The van der Waals surface area contributed by atoms with Crippen LogP contribution in [0.1, 0.15) is 54.2 Å². The SMILES string of the molecule is CCC(C)(C)c1ccccc1C(=O)NC1(C(=O)O)Cc2ccccc2C1. The van der Waals surface area contributed by atoms with Gasteiger partial charge in [0, 0.05) is 18.4 Å². The first-order valence-corrected chi connectivity index (χ1v) is 9.01. The standard InChI is InChI=1S/C22H25NO3/c1-4-21(2,3)18-12-8-7-11-17(18)19(24)23-22(20(25)26)13-15-9-5-6-10-16(15)14-22/h5-12H,4,13-14H2,1-3H3,(H,23,24)(H,25,26). The molecular formula is C22H25NO3. The molecule has 0 aliphatic heterocycles. The van der Waals surface area contributed by atoms with E-state index in [1.54, 1.807) is 6.07 Å². The van der Waals surface area contributed by atoms with Crippen molar-refractivity contribution in [3.63, 3.8) is 0 Å². The van der Waals surface area contributed by atoms with Crippen LogP contribution in [0.15, 0.2) is 48.5 Å². The van der Waals surface area contributed by atoms with Gasteiger partial charge < -0.3 is 10.4 Å². The van der Waals surface area contributed by atoms with E-state index in [1.165, 1.54) is 0 Å². The van der Waals surface area contributed by atoms with Gasteiger partial charge in [-0.25, -0.2) is 4.79 Å². The van der Waals surface area contributed by atoms with Crippen LogP contribution in [0.4, 0.5) is 0 Å². The smallest absolute Gasteiger partial charge is 0.330 e. The average Bonchev–Trinajstić information content (AvgIpc) is 3.01. The predicted octanol–water partition coefficient (Wildman–Crippen LogP) is 3.73. The van der Waals surface area contributed by atoms with Crippen LogP contribution >= 0.6 is 0 Å². The molecule has 1 aliphatic carbocycles. The van der Waals surface area contributed by atoms with Crippen molar-refractivity contribution >= 4 is 11.9 Å². The van der Waals surface area contributed by atoms with Gasteiger partial charge in [0.25, 0.3) is 5.91 Å². The second kappa shape index (κ2) is 6.60. The summed E-state index contributed by atoms with van der Waals surface area (Å²) in [6.07, 6.45) is 1.50. The normalized spacial score (nSPS) is 15.3. The Morgan fingerprint density at radius 2 is 1.58 bits per heavy atom. The summed E-state index contributed by atoms with van der Waals surface area (Å²) in [5, 5.41) is 12.7. The number of hydrogen-bond acceptors (Lipinski definition) is 2. The molecule has 0 bridgehead atoms. The van der Waals surface area contributed by atoms with Gasteiger partial charge in [0.1, 0.15) is 5.54 Å². The van der Waals surface area contributed by atoms with E-state index >= 15 is 0 Å². The molecule has 0 aromatic heterocycles. The van der Waals surface area contributed by atoms with Crippen molar-refractivity contribution in [3.8, 4) is 0 Å². The van der Waals surface area contributed by atoms with Crippen LogP contribution in [-0.2, 0) is 23.1 Å². The maximum absolute atomic E-state index is 13.1. The third-order valence-corrected chi connectivity index (χ3v) is 5.65. The third-order valence-electron chi connectivity index (χ3n) is 5.65. The topological polar surface area (TPSA) is 66.4 Å². The van der Waals surface area contributed by atoms with Gasteiger partial charge in [-0.3, -0.25) is 4.79 Å². The maximum atomic E-state index is 13.1. The Bertz CT molecular complexity index is 829. The summed E-state index contributed by atoms with van der Waals surface area (Å²) in [6.45, 7) is 6.27. The van der Waals surface area contributed by atoms with Crippen molar-refractivity contribution in [2.45, 2.75) is 51.0 Å². The first-order valence-electron chi connectivity index (χ1n) is 9.01. The van der Waals surface area contributed by atoms with Crippen molar-refractivity contribution in [2.75, 3.05) is 0 Å². The molecule has 1 amide bonds. The van der Waals surface area contributed by atoms with E-state index in [9.17, 15) is 14.7 Å². The molecule has 2 aromatic carbocycles. The lowest BCUT2D eigenvalue weighted by atomic mass is 9.79. The molecule has 2 aromatic rings. The fraction of sp³-hybridized carbons (Fsp3) is 0.364. The molecule has 0 fully saturated rings. The fourth-order valence-corrected chi connectivity index (χ4v) is 3.65. The van der Waals surface area contributed by atoms with Crippen molar-refractivity contribution in [3.05, 3.63) is 70.8 Å². The number of rotatable bonds is 5. The molecule has 0 spiro atoms. The van der Waals surface area contributed by atoms with Crippen molar-refractivity contribution in [1.29, 1.82) is 0 Å². The lowest BCUT2D eigenvalue weighted by molar-refractivity contribution is -0.144. The molecule has 1 aliphatic rings. The highest BCUT2D eigenvalue weighted by Gasteiger charge is 2.45. The Balaban J connectivity index is 1.94. The zero-order valence-corrected chi connectivity index (χ0v) is 15.5. The number of carbonyl (C=O) groups is 2. The predicted molar refractivity (Wildman–Crippen MR) is 101 cm³/mol. The first kappa shape index (κ1) is 18.2. The first-order chi connectivity index (χ1) is 12.3. The molecule has 0 atom stereocenters. The molecular weight excluding hydrogens is 326 g/mol. The summed E-state index contributed by atoms with van der Waals surface area (Å²) in [7, 11) is 0. The zero-order valence-electron chi connectivity index (χ0n) is 15.5. The number of fused-ring (bicyclic) bond motifs is 1. The monoisotopic (exact) mass is 351 g/mol. The van der Waals surface area contributed by atoms with Crippen molar-refractivity contribution < 1.29 is 14.7 Å². The van der Waals surface area contributed by atoms with E-state index in [-0.39, 0.29) is 11.3 Å². The fourth-order valence-electron chi connectivity index (χ4n) is 3.65.